The van der Waals surface area contributed by atoms with Crippen molar-refractivity contribution in [1.82, 2.24) is 9.21 Å². The number of benzene rings is 2. The molecule has 0 aromatic heterocycles. The summed E-state index contributed by atoms with van der Waals surface area (Å²) in [6.07, 6.45) is 1.46. The number of anilines is 1. The van der Waals surface area contributed by atoms with E-state index < -0.39 is 25.9 Å². The van der Waals surface area contributed by atoms with Gasteiger partial charge < -0.3 is 4.90 Å². The summed E-state index contributed by atoms with van der Waals surface area (Å²) in [7, 11) is -7.27. The van der Waals surface area contributed by atoms with E-state index in [1.54, 1.807) is 17.0 Å². The van der Waals surface area contributed by atoms with E-state index in [0.717, 1.165) is 18.4 Å². The second-order valence-electron chi connectivity index (χ2n) is 6.96. The van der Waals surface area contributed by atoms with Crippen molar-refractivity contribution >= 4 is 31.6 Å². The Labute approximate surface area is 175 Å². The summed E-state index contributed by atoms with van der Waals surface area (Å²) in [6, 6.07) is 10.8. The minimum absolute atomic E-state index is 0.00299. The molecule has 0 radical (unpaired) electrons. The Morgan fingerprint density at radius 1 is 0.967 bits per heavy atom. The number of hydrogen-bond acceptors (Lipinski definition) is 5. The smallest absolute Gasteiger partial charge is 0.253 e. The highest BCUT2D eigenvalue weighted by atomic mass is 32.2. The maximum Gasteiger partial charge on any atom is 0.253 e. The van der Waals surface area contributed by atoms with Gasteiger partial charge in [0.2, 0.25) is 20.0 Å². The minimum atomic E-state index is -3.79. The van der Waals surface area contributed by atoms with Crippen molar-refractivity contribution in [3.8, 4) is 0 Å². The van der Waals surface area contributed by atoms with Gasteiger partial charge in [0.1, 0.15) is 5.82 Å². The second-order valence-corrected chi connectivity index (χ2v) is 10.6. The Morgan fingerprint density at radius 2 is 1.67 bits per heavy atom. The van der Waals surface area contributed by atoms with Crippen molar-refractivity contribution in [3.63, 3.8) is 0 Å². The number of amides is 1. The molecule has 1 fully saturated rings. The monoisotopic (exact) mass is 455 g/mol. The summed E-state index contributed by atoms with van der Waals surface area (Å²) >= 11 is 0. The molecule has 1 saturated heterocycles. The molecule has 0 atom stereocenters. The molecule has 2 aromatic rings. The Bertz CT molecular complexity index is 1140. The van der Waals surface area contributed by atoms with E-state index in [0.29, 0.717) is 18.5 Å². The Hall–Kier alpha value is -2.50. The van der Waals surface area contributed by atoms with Gasteiger partial charge in [-0.1, -0.05) is 6.07 Å². The zero-order valence-electron chi connectivity index (χ0n) is 16.3. The van der Waals surface area contributed by atoms with Crippen molar-refractivity contribution in [1.29, 1.82) is 0 Å². The third-order valence-electron chi connectivity index (χ3n) is 4.61. The van der Waals surface area contributed by atoms with Crippen LogP contribution in [0.4, 0.5) is 10.1 Å². The van der Waals surface area contributed by atoms with Gasteiger partial charge in [0.25, 0.3) is 5.91 Å². The molecular formula is C19H22FN3O5S2. The van der Waals surface area contributed by atoms with Crippen LogP contribution < -0.4 is 4.72 Å². The first kappa shape index (κ1) is 22.2. The number of carbonyl (C=O) groups is 1. The molecule has 1 heterocycles. The molecule has 1 aliphatic heterocycles. The van der Waals surface area contributed by atoms with E-state index >= 15 is 0 Å². The largest absolute Gasteiger partial charge is 0.337 e. The van der Waals surface area contributed by atoms with Gasteiger partial charge in [-0.25, -0.2) is 21.2 Å². The summed E-state index contributed by atoms with van der Waals surface area (Å²) in [5.74, 6) is -0.831. The zero-order valence-corrected chi connectivity index (χ0v) is 17.9. The van der Waals surface area contributed by atoms with Gasteiger partial charge in [0.05, 0.1) is 11.2 Å². The molecule has 162 valence electrons. The standard InChI is InChI=1S/C19H22FN3O5S2/c1-29(25,26)21-17-5-2-4-15(14-17)19(24)22-10-3-11-23(13-12-22)30(27,28)18-8-6-16(20)7-9-18/h2,4-9,14,21H,3,10-13H2,1H3. The van der Waals surface area contributed by atoms with Crippen LogP contribution in [0, 0.1) is 5.82 Å². The first-order chi connectivity index (χ1) is 14.1. The lowest BCUT2D eigenvalue weighted by Gasteiger charge is -2.22. The molecule has 3 rings (SSSR count). The summed E-state index contributed by atoms with van der Waals surface area (Å²) in [4.78, 5) is 14.4. The Kier molecular flexibility index (Phi) is 6.44. The third-order valence-corrected chi connectivity index (χ3v) is 7.13. The first-order valence-corrected chi connectivity index (χ1v) is 12.5. The number of hydrogen-bond donors (Lipinski definition) is 1. The molecule has 1 aliphatic rings. The first-order valence-electron chi connectivity index (χ1n) is 9.19. The van der Waals surface area contributed by atoms with Gasteiger partial charge in [-0.05, 0) is 48.9 Å². The molecule has 1 N–H and O–H groups in total. The van der Waals surface area contributed by atoms with Gasteiger partial charge in [-0.2, -0.15) is 4.31 Å². The van der Waals surface area contributed by atoms with Crippen LogP contribution in [0.1, 0.15) is 16.8 Å². The highest BCUT2D eigenvalue weighted by molar-refractivity contribution is 7.92. The van der Waals surface area contributed by atoms with Crippen LogP contribution in [0.3, 0.4) is 0 Å². The number of rotatable bonds is 5. The summed E-state index contributed by atoms with van der Waals surface area (Å²) in [5, 5.41) is 0. The zero-order chi connectivity index (χ0) is 21.9. The van der Waals surface area contributed by atoms with Crippen molar-refractivity contribution in [2.24, 2.45) is 0 Å². The molecule has 8 nitrogen and oxygen atoms in total. The van der Waals surface area contributed by atoms with Crippen LogP contribution in [-0.2, 0) is 20.0 Å². The Balaban J connectivity index is 1.73. The molecular weight excluding hydrogens is 433 g/mol. The minimum Gasteiger partial charge on any atom is -0.337 e. The summed E-state index contributed by atoms with van der Waals surface area (Å²) < 4.78 is 65.2. The normalized spacial score (nSPS) is 16.1. The van der Waals surface area contributed by atoms with Crippen molar-refractivity contribution in [3.05, 3.63) is 59.9 Å². The van der Waals surface area contributed by atoms with Crippen LogP contribution in [0.15, 0.2) is 53.4 Å². The number of carbonyl (C=O) groups excluding carboxylic acids is 1. The van der Waals surface area contributed by atoms with Gasteiger partial charge in [0.15, 0.2) is 0 Å². The van der Waals surface area contributed by atoms with Crippen molar-refractivity contribution < 1.29 is 26.0 Å². The third kappa shape index (κ3) is 5.35. The molecule has 11 heteroatoms. The number of nitrogens with one attached hydrogen (secondary N) is 1. The highest BCUT2D eigenvalue weighted by Gasteiger charge is 2.28. The fourth-order valence-electron chi connectivity index (χ4n) is 3.21. The molecule has 0 unspecified atom stereocenters. The molecule has 0 saturated carbocycles. The Morgan fingerprint density at radius 3 is 2.33 bits per heavy atom. The number of sulfonamides is 2. The maximum absolute atomic E-state index is 13.1. The van der Waals surface area contributed by atoms with Crippen LogP contribution >= 0.6 is 0 Å². The van der Waals surface area contributed by atoms with Crippen LogP contribution in [0.5, 0.6) is 0 Å². The van der Waals surface area contributed by atoms with Crippen molar-refractivity contribution in [2.45, 2.75) is 11.3 Å². The molecule has 0 spiro atoms. The van der Waals surface area contributed by atoms with Gasteiger partial charge in [-0.3, -0.25) is 9.52 Å². The fourth-order valence-corrected chi connectivity index (χ4v) is 5.23. The van der Waals surface area contributed by atoms with Gasteiger partial charge in [-0.15, -0.1) is 0 Å². The lowest BCUT2D eigenvalue weighted by atomic mass is 10.1. The maximum atomic E-state index is 13.1. The van der Waals surface area contributed by atoms with Crippen LogP contribution in [0.25, 0.3) is 0 Å². The van der Waals surface area contributed by atoms with E-state index in [-0.39, 0.29) is 36.1 Å². The van der Waals surface area contributed by atoms with E-state index in [2.05, 4.69) is 4.72 Å². The summed E-state index contributed by atoms with van der Waals surface area (Å²) in [5.41, 5.74) is 0.581. The fraction of sp³-hybridized carbons (Fsp3) is 0.316. The van der Waals surface area contributed by atoms with E-state index in [9.17, 15) is 26.0 Å². The summed E-state index contributed by atoms with van der Waals surface area (Å²) in [6.45, 7) is 0.882. The van der Waals surface area contributed by atoms with E-state index in [1.807, 2.05) is 0 Å². The molecule has 0 aliphatic carbocycles. The average molecular weight is 456 g/mol. The van der Waals surface area contributed by atoms with E-state index in [1.165, 1.54) is 28.6 Å². The molecule has 2 aromatic carbocycles. The highest BCUT2D eigenvalue weighted by Crippen LogP contribution is 2.20. The molecule has 0 bridgehead atoms. The van der Waals surface area contributed by atoms with E-state index in [4.69, 9.17) is 0 Å². The number of nitrogens with zero attached hydrogens (tertiary/aromatic N) is 2. The lowest BCUT2D eigenvalue weighted by Crippen LogP contribution is -2.37. The van der Waals surface area contributed by atoms with Gasteiger partial charge in [0, 0.05) is 37.4 Å². The predicted molar refractivity (Wildman–Crippen MR) is 111 cm³/mol. The van der Waals surface area contributed by atoms with Crippen molar-refractivity contribution in [2.75, 3.05) is 37.2 Å². The average Bonchev–Trinajstić information content (AvgIpc) is 2.93. The van der Waals surface area contributed by atoms with Crippen LogP contribution in [0.2, 0.25) is 0 Å². The molecule has 30 heavy (non-hydrogen) atoms. The predicted octanol–water partition coefficient (Wildman–Crippen LogP) is 1.73. The molecule has 1 amide bonds. The van der Waals surface area contributed by atoms with Gasteiger partial charge >= 0.3 is 0 Å². The lowest BCUT2D eigenvalue weighted by molar-refractivity contribution is 0.0764. The quantitative estimate of drug-likeness (QED) is 0.740. The second kappa shape index (κ2) is 8.70. The topological polar surface area (TPSA) is 104 Å². The SMILES string of the molecule is CS(=O)(=O)Nc1cccc(C(=O)N2CCCN(S(=O)(=O)c3ccc(F)cc3)CC2)c1. The number of halogens is 1. The van der Waals surface area contributed by atoms with Crippen LogP contribution in [-0.4, -0.2) is 64.4 Å².